The summed E-state index contributed by atoms with van der Waals surface area (Å²) in [6.07, 6.45) is 5.93. The number of aromatic hydroxyl groups is 1. The van der Waals surface area contributed by atoms with Gasteiger partial charge in [0.25, 0.3) is 0 Å². The summed E-state index contributed by atoms with van der Waals surface area (Å²) in [6, 6.07) is 10.7. The van der Waals surface area contributed by atoms with Gasteiger partial charge < -0.3 is 35.0 Å². The van der Waals surface area contributed by atoms with Gasteiger partial charge in [0, 0.05) is 16.9 Å². The number of amides is 4. The quantitative estimate of drug-likeness (QED) is 0.236. The number of thioether (sulfide) groups is 2. The maximum absolute atomic E-state index is 14.4. The van der Waals surface area contributed by atoms with E-state index in [1.54, 1.807) is 69.7 Å². The molecular weight excluding hydrogens is 804 g/mol. The fourth-order valence-corrected chi connectivity index (χ4v) is 11.6. The molecule has 4 heterocycles. The number of halogens is 1. The third kappa shape index (κ3) is 10.6. The van der Waals surface area contributed by atoms with Gasteiger partial charge in [0.1, 0.15) is 29.9 Å². The molecule has 0 aromatic heterocycles. The van der Waals surface area contributed by atoms with Crippen molar-refractivity contribution in [3.63, 3.8) is 0 Å². The first-order chi connectivity index (χ1) is 28.0. The van der Waals surface area contributed by atoms with Gasteiger partial charge in [-0.2, -0.15) is 0 Å². The molecule has 0 spiro atoms. The molecule has 0 saturated carbocycles. The fourth-order valence-electron chi connectivity index (χ4n) is 8.60. The number of fused-ring (bicyclic) bond motifs is 2. The van der Waals surface area contributed by atoms with Gasteiger partial charge in [0.15, 0.2) is 0 Å². The number of benzene rings is 2. The number of carbonyl (C=O) groups excluding carboxylic acids is 6. The highest BCUT2D eigenvalue weighted by molar-refractivity contribution is 8.00. The lowest BCUT2D eigenvalue weighted by atomic mass is 9.86. The van der Waals surface area contributed by atoms with Crippen LogP contribution in [0, 0.1) is 11.8 Å². The Bertz CT molecular complexity index is 1820. The van der Waals surface area contributed by atoms with Crippen molar-refractivity contribution in [3.05, 3.63) is 64.7 Å². The van der Waals surface area contributed by atoms with E-state index in [-0.39, 0.29) is 65.8 Å². The van der Waals surface area contributed by atoms with E-state index in [4.69, 9.17) is 21.1 Å². The Morgan fingerprint density at radius 1 is 0.724 bits per heavy atom. The van der Waals surface area contributed by atoms with E-state index < -0.39 is 47.9 Å². The number of ether oxygens (including phenoxy) is 2. The van der Waals surface area contributed by atoms with Crippen molar-refractivity contribution in [2.45, 2.75) is 112 Å². The lowest BCUT2D eigenvalue weighted by molar-refractivity contribution is -0.156. The van der Waals surface area contributed by atoms with E-state index >= 15 is 0 Å². The molecule has 0 unspecified atom stereocenters. The SMILES string of the molecule is COC(=O)[C@@H]1CCC[C@@H]2SCC[C@H](NC(=O)[C@H](CC[C@H](Cc3cccc(Cl)c3)C(=O)N[C@H]3CCS[C@H]4CCC[C@@H](C(=O)OC)N4C3=O)Cc3ccc(O)cc3)C(=O)N21. The molecule has 0 bridgehead atoms. The Labute approximate surface area is 353 Å². The van der Waals surface area contributed by atoms with Crippen molar-refractivity contribution < 1.29 is 43.3 Å². The summed E-state index contributed by atoms with van der Waals surface area (Å²) in [5.74, 6) is -2.28. The van der Waals surface area contributed by atoms with Crippen LogP contribution in [0.3, 0.4) is 0 Å². The van der Waals surface area contributed by atoms with Crippen molar-refractivity contribution in [2.75, 3.05) is 25.7 Å². The summed E-state index contributed by atoms with van der Waals surface area (Å²) in [4.78, 5) is 85.7. The number of phenolic OH excluding ortho intramolecular Hbond substituents is 1. The van der Waals surface area contributed by atoms with Crippen LogP contribution in [0.2, 0.25) is 5.02 Å². The Balaban J connectivity index is 1.22. The molecule has 4 saturated heterocycles. The minimum atomic E-state index is -0.852. The summed E-state index contributed by atoms with van der Waals surface area (Å²) in [7, 11) is 2.63. The van der Waals surface area contributed by atoms with Crippen LogP contribution in [0.25, 0.3) is 0 Å². The summed E-state index contributed by atoms with van der Waals surface area (Å²) in [5.41, 5.74) is 1.60. The number of hydrogen-bond acceptors (Lipinski definition) is 11. The lowest BCUT2D eigenvalue weighted by Gasteiger charge is -2.40. The molecule has 4 aliphatic rings. The number of hydrogen-bond donors (Lipinski definition) is 3. The Morgan fingerprint density at radius 2 is 1.21 bits per heavy atom. The predicted molar refractivity (Wildman–Crippen MR) is 222 cm³/mol. The molecule has 0 radical (unpaired) electrons. The Morgan fingerprint density at radius 3 is 1.67 bits per heavy atom. The van der Waals surface area contributed by atoms with Crippen molar-refractivity contribution in [2.24, 2.45) is 11.8 Å². The van der Waals surface area contributed by atoms with E-state index in [1.165, 1.54) is 14.2 Å². The van der Waals surface area contributed by atoms with Gasteiger partial charge in [-0.05, 0) is 124 Å². The van der Waals surface area contributed by atoms with Crippen LogP contribution < -0.4 is 10.6 Å². The first kappa shape index (κ1) is 43.6. The molecule has 4 amide bonds. The minimum Gasteiger partial charge on any atom is -0.508 e. The number of methoxy groups -OCH3 is 2. The molecule has 2 aromatic rings. The Hall–Kier alpha value is -3.95. The largest absolute Gasteiger partial charge is 0.508 e. The third-order valence-corrected chi connectivity index (χ3v) is 14.5. The number of esters is 2. The molecule has 4 fully saturated rings. The first-order valence-corrected chi connectivity index (χ1v) is 22.6. The smallest absolute Gasteiger partial charge is 0.328 e. The summed E-state index contributed by atoms with van der Waals surface area (Å²) >= 11 is 9.58. The van der Waals surface area contributed by atoms with Crippen molar-refractivity contribution in [1.29, 1.82) is 0 Å². The minimum absolute atomic E-state index is 0.0843. The molecule has 6 rings (SSSR count). The van der Waals surface area contributed by atoms with Gasteiger partial charge in [-0.15, -0.1) is 23.5 Å². The maximum Gasteiger partial charge on any atom is 0.328 e. The van der Waals surface area contributed by atoms with Crippen LogP contribution >= 0.6 is 35.1 Å². The monoisotopic (exact) mass is 856 g/mol. The zero-order valence-corrected chi connectivity index (χ0v) is 35.3. The van der Waals surface area contributed by atoms with Crippen LogP contribution in [0.4, 0.5) is 0 Å². The van der Waals surface area contributed by atoms with Crippen LogP contribution in [-0.4, -0.2) is 111 Å². The molecule has 16 heteroatoms. The number of nitrogens with zero attached hydrogens (tertiary/aromatic N) is 2. The van der Waals surface area contributed by atoms with E-state index in [1.807, 2.05) is 12.1 Å². The van der Waals surface area contributed by atoms with Crippen LogP contribution in [0.1, 0.15) is 75.3 Å². The van der Waals surface area contributed by atoms with Crippen molar-refractivity contribution in [1.82, 2.24) is 20.4 Å². The van der Waals surface area contributed by atoms with Gasteiger partial charge in [-0.1, -0.05) is 35.9 Å². The average Bonchev–Trinajstić information content (AvgIpc) is 3.48. The lowest BCUT2D eigenvalue weighted by Crippen LogP contribution is -2.58. The number of piperidine rings is 2. The zero-order valence-electron chi connectivity index (χ0n) is 32.9. The molecular formula is C42H53ClN4O9S2. The van der Waals surface area contributed by atoms with Crippen molar-refractivity contribution >= 4 is 70.7 Å². The topological polar surface area (TPSA) is 172 Å². The molecule has 0 aliphatic carbocycles. The van der Waals surface area contributed by atoms with E-state index in [0.29, 0.717) is 42.2 Å². The predicted octanol–water partition coefficient (Wildman–Crippen LogP) is 4.85. The molecule has 13 nitrogen and oxygen atoms in total. The van der Waals surface area contributed by atoms with Gasteiger partial charge in [-0.3, -0.25) is 19.2 Å². The van der Waals surface area contributed by atoms with Crippen molar-refractivity contribution in [3.8, 4) is 5.75 Å². The number of nitrogens with one attached hydrogen (secondary N) is 2. The van der Waals surface area contributed by atoms with Crippen LogP contribution in [0.15, 0.2) is 48.5 Å². The van der Waals surface area contributed by atoms with Crippen LogP contribution in [-0.2, 0) is 51.1 Å². The van der Waals surface area contributed by atoms with Gasteiger partial charge in [-0.25, -0.2) is 9.59 Å². The molecule has 58 heavy (non-hydrogen) atoms. The van der Waals surface area contributed by atoms with E-state index in [9.17, 15) is 33.9 Å². The maximum atomic E-state index is 14.4. The highest BCUT2D eigenvalue weighted by Gasteiger charge is 2.45. The summed E-state index contributed by atoms with van der Waals surface area (Å²) in [6.45, 7) is 0. The summed E-state index contributed by atoms with van der Waals surface area (Å²) < 4.78 is 10.1. The van der Waals surface area contributed by atoms with E-state index in [0.717, 1.165) is 36.8 Å². The average molecular weight is 857 g/mol. The summed E-state index contributed by atoms with van der Waals surface area (Å²) in [5, 5.41) is 16.2. The second-order valence-corrected chi connectivity index (χ2v) is 18.5. The first-order valence-electron chi connectivity index (χ1n) is 20.1. The number of phenols is 1. The number of carbonyl (C=O) groups is 6. The second kappa shape index (κ2) is 20.3. The normalized spacial score (nSPS) is 25.8. The third-order valence-electron chi connectivity index (χ3n) is 11.7. The standard InChI is InChI=1S/C42H53ClN4O9S2/c1-55-41(53)33-8-4-10-35-46(33)39(51)31(18-20-57-35)44-37(49)27(22-25-12-16-30(48)17-13-25)14-15-28(23-26-6-3-7-29(43)24-26)38(50)45-32-19-21-58-36-11-5-9-34(42(54)56-2)47(36)40(32)52/h3,6-7,12-13,16-17,24,27-28,31-36,48H,4-5,8-11,14-15,18-23H2,1-2H3,(H,44,49)(H,45,50)/t27-,28-,31+,32+,33+,34+,35+,36+/m1/s1. The Kier molecular flexibility index (Phi) is 15.3. The van der Waals surface area contributed by atoms with Gasteiger partial charge in [0.2, 0.25) is 23.6 Å². The fraction of sp³-hybridized carbons (Fsp3) is 0.571. The molecule has 314 valence electrons. The molecule has 8 atom stereocenters. The van der Waals surface area contributed by atoms with Gasteiger partial charge in [0.05, 0.1) is 25.0 Å². The molecule has 2 aromatic carbocycles. The van der Waals surface area contributed by atoms with E-state index in [2.05, 4.69) is 10.6 Å². The highest BCUT2D eigenvalue weighted by atomic mass is 35.5. The molecule has 4 aliphatic heterocycles. The van der Waals surface area contributed by atoms with Crippen LogP contribution in [0.5, 0.6) is 5.75 Å². The molecule has 3 N–H and O–H groups in total. The number of rotatable bonds is 13. The highest BCUT2D eigenvalue weighted by Crippen LogP contribution is 2.36. The van der Waals surface area contributed by atoms with Gasteiger partial charge >= 0.3 is 11.9 Å². The zero-order chi connectivity index (χ0) is 41.3. The second-order valence-electron chi connectivity index (χ2n) is 15.5.